The first-order valence-electron chi connectivity index (χ1n) is 7.62. The van der Waals surface area contributed by atoms with Gasteiger partial charge in [0.05, 0.1) is 5.56 Å². The smallest absolute Gasteiger partial charge is 0.314 e. The molecule has 0 spiro atoms. The molecule has 1 aromatic carbocycles. The normalized spacial score (nSPS) is 23.7. The lowest BCUT2D eigenvalue weighted by Crippen LogP contribution is -2.27. The maximum Gasteiger partial charge on any atom is 0.416 e. The molecule has 0 amide bonds. The van der Waals surface area contributed by atoms with E-state index in [4.69, 9.17) is 0 Å². The lowest BCUT2D eigenvalue weighted by atomic mass is 10.1. The zero-order valence-corrected chi connectivity index (χ0v) is 12.0. The molecular formula is C16H21F3N2. The van der Waals surface area contributed by atoms with Gasteiger partial charge in [-0.15, -0.1) is 0 Å². The molecule has 0 radical (unpaired) electrons. The molecule has 21 heavy (non-hydrogen) atoms. The second-order valence-corrected chi connectivity index (χ2v) is 6.27. The van der Waals surface area contributed by atoms with Gasteiger partial charge in [0, 0.05) is 19.1 Å². The van der Waals surface area contributed by atoms with E-state index >= 15 is 0 Å². The van der Waals surface area contributed by atoms with Crippen molar-refractivity contribution in [2.75, 3.05) is 19.6 Å². The van der Waals surface area contributed by atoms with Gasteiger partial charge in [-0.1, -0.05) is 18.2 Å². The Balaban J connectivity index is 1.52. The van der Waals surface area contributed by atoms with Gasteiger partial charge in [0.15, 0.2) is 0 Å². The van der Waals surface area contributed by atoms with Crippen molar-refractivity contribution in [3.8, 4) is 0 Å². The summed E-state index contributed by atoms with van der Waals surface area (Å²) in [5.74, 6) is 0.636. The molecule has 3 rings (SSSR count). The number of rotatable bonds is 5. The van der Waals surface area contributed by atoms with E-state index in [2.05, 4.69) is 10.2 Å². The Morgan fingerprint density at radius 2 is 2.00 bits per heavy atom. The van der Waals surface area contributed by atoms with Crippen LogP contribution in [0.4, 0.5) is 13.2 Å². The monoisotopic (exact) mass is 298 g/mol. The fraction of sp³-hybridized carbons (Fsp3) is 0.625. The van der Waals surface area contributed by atoms with Gasteiger partial charge in [0.2, 0.25) is 0 Å². The minimum absolute atomic E-state index is 0.550. The van der Waals surface area contributed by atoms with E-state index in [1.165, 1.54) is 25.0 Å². The average molecular weight is 298 g/mol. The third-order valence-corrected chi connectivity index (χ3v) is 4.30. The van der Waals surface area contributed by atoms with E-state index in [-0.39, 0.29) is 0 Å². The summed E-state index contributed by atoms with van der Waals surface area (Å²) >= 11 is 0. The minimum Gasteiger partial charge on any atom is -0.314 e. The Labute approximate surface area is 123 Å². The van der Waals surface area contributed by atoms with Crippen molar-refractivity contribution in [2.24, 2.45) is 5.92 Å². The number of nitrogens with zero attached hydrogens (tertiary/aromatic N) is 1. The van der Waals surface area contributed by atoms with Gasteiger partial charge in [0.25, 0.3) is 0 Å². The maximum atomic E-state index is 12.7. The van der Waals surface area contributed by atoms with Crippen LogP contribution in [0.2, 0.25) is 0 Å². The zero-order chi connectivity index (χ0) is 14.9. The van der Waals surface area contributed by atoms with Crippen LogP contribution in [0.1, 0.15) is 30.4 Å². The number of nitrogens with one attached hydrogen (secondary N) is 1. The highest BCUT2D eigenvalue weighted by atomic mass is 19.4. The molecule has 1 N–H and O–H groups in total. The molecule has 1 saturated carbocycles. The third-order valence-electron chi connectivity index (χ3n) is 4.30. The number of alkyl halides is 3. The zero-order valence-electron chi connectivity index (χ0n) is 12.0. The first-order chi connectivity index (χ1) is 10.0. The molecule has 1 atom stereocenters. The molecule has 1 aliphatic heterocycles. The highest BCUT2D eigenvalue weighted by Gasteiger charge is 2.31. The van der Waals surface area contributed by atoms with Crippen molar-refractivity contribution >= 4 is 0 Å². The molecule has 1 heterocycles. The molecule has 2 nitrogen and oxygen atoms in total. The quantitative estimate of drug-likeness (QED) is 0.897. The van der Waals surface area contributed by atoms with Crippen molar-refractivity contribution in [1.29, 1.82) is 0 Å². The Hall–Kier alpha value is -1.07. The maximum absolute atomic E-state index is 12.7. The van der Waals surface area contributed by atoms with Crippen LogP contribution in [0.3, 0.4) is 0 Å². The number of hydrogen-bond donors (Lipinski definition) is 1. The molecule has 2 fully saturated rings. The van der Waals surface area contributed by atoms with Crippen LogP contribution in [0, 0.1) is 5.92 Å². The summed E-state index contributed by atoms with van der Waals surface area (Å²) in [7, 11) is 0. The molecule has 1 saturated heterocycles. The highest BCUT2D eigenvalue weighted by molar-refractivity contribution is 5.25. The van der Waals surface area contributed by atoms with Crippen LogP contribution in [0.5, 0.6) is 0 Å². The van der Waals surface area contributed by atoms with Crippen LogP contribution >= 0.6 is 0 Å². The van der Waals surface area contributed by atoms with Gasteiger partial charge >= 0.3 is 6.18 Å². The largest absolute Gasteiger partial charge is 0.416 e. The third kappa shape index (κ3) is 4.20. The first-order valence-corrected chi connectivity index (χ1v) is 7.62. The van der Waals surface area contributed by atoms with Gasteiger partial charge < -0.3 is 5.32 Å². The SMILES string of the molecule is FC(F)(F)c1cccc(CN2CCC(CNC3CC3)C2)c1. The Bertz CT molecular complexity index is 483. The van der Waals surface area contributed by atoms with E-state index in [1.807, 2.05) is 0 Å². The van der Waals surface area contributed by atoms with Gasteiger partial charge in [-0.3, -0.25) is 4.90 Å². The lowest BCUT2D eigenvalue weighted by Gasteiger charge is -2.17. The van der Waals surface area contributed by atoms with E-state index in [0.29, 0.717) is 12.5 Å². The summed E-state index contributed by atoms with van der Waals surface area (Å²) in [4.78, 5) is 2.26. The van der Waals surface area contributed by atoms with Crippen LogP contribution in [-0.4, -0.2) is 30.6 Å². The van der Waals surface area contributed by atoms with E-state index < -0.39 is 11.7 Å². The van der Waals surface area contributed by atoms with Gasteiger partial charge in [0.1, 0.15) is 0 Å². The van der Waals surface area contributed by atoms with Crippen molar-refractivity contribution in [2.45, 2.75) is 38.0 Å². The van der Waals surface area contributed by atoms with E-state index in [9.17, 15) is 13.2 Å². The van der Waals surface area contributed by atoms with Crippen molar-refractivity contribution in [3.05, 3.63) is 35.4 Å². The molecule has 0 aromatic heterocycles. The molecule has 2 aliphatic rings. The summed E-state index contributed by atoms with van der Waals surface area (Å²) in [5.41, 5.74) is 0.201. The van der Waals surface area contributed by atoms with Crippen LogP contribution in [-0.2, 0) is 12.7 Å². The number of hydrogen-bond acceptors (Lipinski definition) is 2. The summed E-state index contributed by atoms with van der Waals surface area (Å²) in [6, 6.07) is 6.42. The molecule has 1 aliphatic carbocycles. The Morgan fingerprint density at radius 1 is 1.19 bits per heavy atom. The molecule has 5 heteroatoms. The number of benzene rings is 1. The highest BCUT2D eigenvalue weighted by Crippen LogP contribution is 2.30. The standard InChI is InChI=1S/C16H21F3N2/c17-16(18,19)14-3-1-2-12(8-14)10-21-7-6-13(11-21)9-20-15-4-5-15/h1-3,8,13,15,20H,4-7,9-11H2. The predicted octanol–water partition coefficient (Wildman–Crippen LogP) is 3.28. The summed E-state index contributed by atoms with van der Waals surface area (Å²) in [5, 5.41) is 3.54. The topological polar surface area (TPSA) is 15.3 Å². The summed E-state index contributed by atoms with van der Waals surface area (Å²) in [6.07, 6.45) is -0.530. The predicted molar refractivity (Wildman–Crippen MR) is 75.9 cm³/mol. The lowest BCUT2D eigenvalue weighted by molar-refractivity contribution is -0.137. The van der Waals surface area contributed by atoms with Crippen molar-refractivity contribution in [1.82, 2.24) is 10.2 Å². The van der Waals surface area contributed by atoms with Gasteiger partial charge in [-0.2, -0.15) is 13.2 Å². The summed E-state index contributed by atoms with van der Waals surface area (Å²) < 4.78 is 38.1. The van der Waals surface area contributed by atoms with Gasteiger partial charge in [-0.05, 0) is 49.9 Å². The molecular weight excluding hydrogens is 277 g/mol. The second kappa shape index (κ2) is 5.97. The molecule has 1 aromatic rings. The Kier molecular flexibility index (Phi) is 4.22. The number of halogens is 3. The fourth-order valence-corrected chi connectivity index (χ4v) is 2.95. The molecule has 1 unspecified atom stereocenters. The summed E-state index contributed by atoms with van der Waals surface area (Å²) in [6.45, 7) is 3.62. The average Bonchev–Trinajstić information content (AvgIpc) is 3.16. The van der Waals surface area contributed by atoms with E-state index in [1.54, 1.807) is 6.07 Å². The minimum atomic E-state index is -4.25. The van der Waals surface area contributed by atoms with Crippen molar-refractivity contribution < 1.29 is 13.2 Å². The van der Waals surface area contributed by atoms with Crippen LogP contribution in [0.25, 0.3) is 0 Å². The molecule has 0 bridgehead atoms. The molecule has 116 valence electrons. The van der Waals surface area contributed by atoms with E-state index in [0.717, 1.165) is 43.7 Å². The van der Waals surface area contributed by atoms with Gasteiger partial charge in [-0.25, -0.2) is 0 Å². The van der Waals surface area contributed by atoms with Crippen molar-refractivity contribution in [3.63, 3.8) is 0 Å². The second-order valence-electron chi connectivity index (χ2n) is 6.27. The Morgan fingerprint density at radius 3 is 2.71 bits per heavy atom. The first kappa shape index (κ1) is 14.9. The number of likely N-dealkylation sites (tertiary alicyclic amines) is 1. The fourth-order valence-electron chi connectivity index (χ4n) is 2.95. The van der Waals surface area contributed by atoms with Crippen LogP contribution < -0.4 is 5.32 Å². The van der Waals surface area contributed by atoms with Crippen LogP contribution in [0.15, 0.2) is 24.3 Å².